The molecule has 0 fully saturated rings. The van der Waals surface area contributed by atoms with Crippen molar-refractivity contribution in [3.63, 3.8) is 0 Å². The van der Waals surface area contributed by atoms with Gasteiger partial charge in [0.25, 0.3) is 5.56 Å². The molecule has 0 bridgehead atoms. The van der Waals surface area contributed by atoms with Crippen LogP contribution in [0, 0.1) is 0 Å². The van der Waals surface area contributed by atoms with Crippen LogP contribution in [0.2, 0.25) is 0 Å². The molecule has 7 heteroatoms. The summed E-state index contributed by atoms with van der Waals surface area (Å²) in [5.41, 5.74) is 0.429. The molecule has 0 aliphatic rings. The fourth-order valence-corrected chi connectivity index (χ4v) is 1.87. The Bertz CT molecular complexity index is 807. The number of aromatic amines is 2. The normalized spacial score (nSPS) is 11.2. The highest BCUT2D eigenvalue weighted by molar-refractivity contribution is 5.75. The lowest BCUT2D eigenvalue weighted by Crippen LogP contribution is -2.29. The lowest BCUT2D eigenvalue weighted by Gasteiger charge is -1.99. The minimum Gasteiger partial charge on any atom is -0.472 e. The van der Waals surface area contributed by atoms with E-state index in [1.54, 1.807) is 6.07 Å². The van der Waals surface area contributed by atoms with Crippen LogP contribution in [-0.4, -0.2) is 19.5 Å². The molecule has 0 spiro atoms. The average Bonchev–Trinajstić information content (AvgIpc) is 2.97. The van der Waals surface area contributed by atoms with Gasteiger partial charge in [0.1, 0.15) is 17.6 Å². The molecule has 0 saturated heterocycles. The summed E-state index contributed by atoms with van der Waals surface area (Å²) in [6.45, 7) is 2.24. The topological polar surface area (TPSA) is 96.7 Å². The van der Waals surface area contributed by atoms with Crippen LogP contribution < -0.4 is 11.2 Å². The van der Waals surface area contributed by atoms with E-state index in [1.165, 1.54) is 17.1 Å². The number of H-pyrrole nitrogens is 2. The summed E-state index contributed by atoms with van der Waals surface area (Å²) in [6.07, 6.45) is 3.03. The first-order chi connectivity index (χ1) is 8.70. The second-order valence-corrected chi connectivity index (χ2v) is 3.80. The molecule has 0 aliphatic carbocycles. The Kier molecular flexibility index (Phi) is 2.19. The number of furan rings is 1. The predicted octanol–water partition coefficient (Wildman–Crippen LogP) is 0.693. The van der Waals surface area contributed by atoms with Crippen molar-refractivity contribution in [1.82, 2.24) is 19.5 Å². The zero-order chi connectivity index (χ0) is 12.7. The van der Waals surface area contributed by atoms with Gasteiger partial charge < -0.3 is 9.40 Å². The molecule has 18 heavy (non-hydrogen) atoms. The molecule has 3 rings (SSSR count). The highest BCUT2D eigenvalue weighted by Crippen LogP contribution is 2.18. The van der Waals surface area contributed by atoms with E-state index in [4.69, 9.17) is 4.42 Å². The smallest absolute Gasteiger partial charge is 0.330 e. The number of fused-ring (bicyclic) bond motifs is 1. The Morgan fingerprint density at radius 3 is 2.89 bits per heavy atom. The molecular formula is C11H10N4O3. The molecule has 7 nitrogen and oxygen atoms in total. The number of nitrogens with one attached hydrogen (secondary N) is 2. The monoisotopic (exact) mass is 246 g/mol. The van der Waals surface area contributed by atoms with Crippen LogP contribution in [0.5, 0.6) is 0 Å². The van der Waals surface area contributed by atoms with Crippen molar-refractivity contribution in [2.24, 2.45) is 0 Å². The molecule has 0 radical (unpaired) electrons. The Balaban J connectivity index is 2.39. The first-order valence-corrected chi connectivity index (χ1v) is 5.46. The van der Waals surface area contributed by atoms with Crippen molar-refractivity contribution in [1.29, 1.82) is 0 Å². The molecule has 0 amide bonds. The zero-order valence-electron chi connectivity index (χ0n) is 9.56. The van der Waals surface area contributed by atoms with E-state index in [-0.39, 0.29) is 5.52 Å². The van der Waals surface area contributed by atoms with Gasteiger partial charge >= 0.3 is 5.69 Å². The van der Waals surface area contributed by atoms with Gasteiger partial charge in [0.05, 0.1) is 11.8 Å². The standard InChI is InChI=1S/C11H10N4O3/c1-2-15-9-7(10(16)14-11(15)17)12-8(13-9)6-3-4-18-5-6/h3-5H,2H2,1H3,(H,12,13)(H,14,16,17). The maximum atomic E-state index is 11.7. The first-order valence-electron chi connectivity index (χ1n) is 5.46. The van der Waals surface area contributed by atoms with Gasteiger partial charge in [0.2, 0.25) is 0 Å². The van der Waals surface area contributed by atoms with Crippen LogP contribution in [0.1, 0.15) is 6.92 Å². The maximum Gasteiger partial charge on any atom is 0.330 e. The minimum absolute atomic E-state index is 0.285. The third kappa shape index (κ3) is 1.41. The molecule has 0 atom stereocenters. The highest BCUT2D eigenvalue weighted by Gasteiger charge is 2.13. The number of imidazole rings is 1. The molecule has 0 aromatic carbocycles. The number of nitrogens with zero attached hydrogens (tertiary/aromatic N) is 2. The van der Waals surface area contributed by atoms with E-state index in [0.717, 1.165) is 5.56 Å². The zero-order valence-corrected chi connectivity index (χ0v) is 9.56. The summed E-state index contributed by atoms with van der Waals surface area (Å²) >= 11 is 0. The fraction of sp³-hybridized carbons (Fsp3) is 0.182. The van der Waals surface area contributed by atoms with Gasteiger partial charge in [-0.05, 0) is 13.0 Å². The lowest BCUT2D eigenvalue weighted by atomic mass is 10.3. The Labute approximate surface area is 100 Å². The van der Waals surface area contributed by atoms with Crippen molar-refractivity contribution in [3.8, 4) is 11.4 Å². The molecule has 3 heterocycles. The van der Waals surface area contributed by atoms with Crippen molar-refractivity contribution in [2.45, 2.75) is 13.5 Å². The molecule has 3 aromatic rings. The number of hydrogen-bond acceptors (Lipinski definition) is 4. The van der Waals surface area contributed by atoms with E-state index >= 15 is 0 Å². The van der Waals surface area contributed by atoms with Crippen LogP contribution in [-0.2, 0) is 6.54 Å². The van der Waals surface area contributed by atoms with Gasteiger partial charge in [-0.15, -0.1) is 0 Å². The summed E-state index contributed by atoms with van der Waals surface area (Å²) in [5.74, 6) is 0.497. The van der Waals surface area contributed by atoms with Gasteiger partial charge in [-0.1, -0.05) is 0 Å². The molecular weight excluding hydrogens is 236 g/mol. The number of rotatable bonds is 2. The minimum atomic E-state index is -0.470. The second kappa shape index (κ2) is 3.73. The lowest BCUT2D eigenvalue weighted by molar-refractivity contribution is 0.568. The first kappa shape index (κ1) is 10.6. The highest BCUT2D eigenvalue weighted by atomic mass is 16.3. The van der Waals surface area contributed by atoms with Gasteiger partial charge in [-0.3, -0.25) is 14.3 Å². The molecule has 2 N–H and O–H groups in total. The van der Waals surface area contributed by atoms with Gasteiger partial charge in [0.15, 0.2) is 5.65 Å². The van der Waals surface area contributed by atoms with Gasteiger partial charge in [-0.25, -0.2) is 9.78 Å². The van der Waals surface area contributed by atoms with Crippen molar-refractivity contribution >= 4 is 11.2 Å². The number of hydrogen-bond donors (Lipinski definition) is 2. The van der Waals surface area contributed by atoms with E-state index in [9.17, 15) is 9.59 Å². The summed E-state index contributed by atoms with van der Waals surface area (Å²) in [4.78, 5) is 32.7. The Morgan fingerprint density at radius 2 is 2.22 bits per heavy atom. The second-order valence-electron chi connectivity index (χ2n) is 3.80. The maximum absolute atomic E-state index is 11.7. The quantitative estimate of drug-likeness (QED) is 0.695. The molecule has 3 aromatic heterocycles. The molecule has 0 unspecified atom stereocenters. The molecule has 0 aliphatic heterocycles. The van der Waals surface area contributed by atoms with Crippen LogP contribution in [0.4, 0.5) is 0 Å². The summed E-state index contributed by atoms with van der Waals surface area (Å²) in [5, 5.41) is 0. The van der Waals surface area contributed by atoms with Crippen LogP contribution in [0.25, 0.3) is 22.6 Å². The van der Waals surface area contributed by atoms with E-state index in [1.807, 2.05) is 6.92 Å². The fourth-order valence-electron chi connectivity index (χ4n) is 1.87. The van der Waals surface area contributed by atoms with Crippen molar-refractivity contribution in [2.75, 3.05) is 0 Å². The van der Waals surface area contributed by atoms with E-state index in [0.29, 0.717) is 18.0 Å². The summed E-state index contributed by atoms with van der Waals surface area (Å²) in [6, 6.07) is 1.72. The van der Waals surface area contributed by atoms with Crippen LogP contribution in [0.3, 0.4) is 0 Å². The Morgan fingerprint density at radius 1 is 1.39 bits per heavy atom. The summed E-state index contributed by atoms with van der Waals surface area (Å²) < 4.78 is 6.36. The number of aromatic nitrogens is 4. The van der Waals surface area contributed by atoms with Crippen LogP contribution >= 0.6 is 0 Å². The van der Waals surface area contributed by atoms with E-state index < -0.39 is 11.2 Å². The third-order valence-electron chi connectivity index (χ3n) is 2.74. The third-order valence-corrected chi connectivity index (χ3v) is 2.74. The molecule has 0 saturated carbocycles. The predicted molar refractivity (Wildman–Crippen MR) is 64.4 cm³/mol. The summed E-state index contributed by atoms with van der Waals surface area (Å²) in [7, 11) is 0. The number of aryl methyl sites for hydroxylation is 1. The van der Waals surface area contributed by atoms with Crippen molar-refractivity contribution in [3.05, 3.63) is 39.4 Å². The largest absolute Gasteiger partial charge is 0.472 e. The van der Waals surface area contributed by atoms with Gasteiger partial charge in [0, 0.05) is 6.54 Å². The average molecular weight is 246 g/mol. The van der Waals surface area contributed by atoms with Gasteiger partial charge in [-0.2, -0.15) is 0 Å². The Hall–Kier alpha value is -2.57. The SMILES string of the molecule is CCn1c(=O)[nH]c(=O)c2[nH]c(-c3ccoc3)nc21. The van der Waals surface area contributed by atoms with E-state index in [2.05, 4.69) is 15.0 Å². The van der Waals surface area contributed by atoms with Crippen LogP contribution in [0.15, 0.2) is 32.6 Å². The van der Waals surface area contributed by atoms with Crippen molar-refractivity contribution < 1.29 is 4.42 Å². The molecule has 92 valence electrons.